The molecule has 1 amide bonds. The third kappa shape index (κ3) is 4.78. The number of fused-ring (bicyclic) bond motifs is 1. The zero-order valence-electron chi connectivity index (χ0n) is 19.0. The standard InChI is InChI=1S/C22H24F3N5O3S/c1-13-17-19(33-3)27-15(12-32-2)28-20(17)34-18(13)21(31)30-8-4-7-29(9-10-30)16-6-5-14(11-26-16)22(23,24)25/h5-6,11H,4,7-10,12H2,1-3H3. The second-order valence-corrected chi connectivity index (χ2v) is 8.85. The van der Waals surface area contributed by atoms with Crippen LogP contribution in [0.5, 0.6) is 5.88 Å². The summed E-state index contributed by atoms with van der Waals surface area (Å²) in [4.78, 5) is 31.2. The van der Waals surface area contributed by atoms with Gasteiger partial charge in [-0.15, -0.1) is 11.3 Å². The van der Waals surface area contributed by atoms with Crippen LogP contribution in [0.3, 0.4) is 0 Å². The Morgan fingerprint density at radius 3 is 2.59 bits per heavy atom. The smallest absolute Gasteiger partial charge is 0.417 e. The highest BCUT2D eigenvalue weighted by Crippen LogP contribution is 2.36. The van der Waals surface area contributed by atoms with E-state index in [0.29, 0.717) is 65.2 Å². The van der Waals surface area contributed by atoms with Crippen LogP contribution in [-0.2, 0) is 17.5 Å². The molecule has 0 N–H and O–H groups in total. The topological polar surface area (TPSA) is 80.7 Å². The van der Waals surface area contributed by atoms with Crippen molar-refractivity contribution >= 4 is 33.3 Å². The van der Waals surface area contributed by atoms with Gasteiger partial charge < -0.3 is 19.3 Å². The molecule has 0 saturated carbocycles. The summed E-state index contributed by atoms with van der Waals surface area (Å²) >= 11 is 1.29. The maximum atomic E-state index is 13.4. The van der Waals surface area contributed by atoms with Crippen molar-refractivity contribution in [2.75, 3.05) is 45.3 Å². The van der Waals surface area contributed by atoms with Crippen LogP contribution in [0.4, 0.5) is 19.0 Å². The van der Waals surface area contributed by atoms with Crippen LogP contribution < -0.4 is 9.64 Å². The van der Waals surface area contributed by atoms with Gasteiger partial charge in [0.05, 0.1) is 22.9 Å². The molecule has 182 valence electrons. The first-order chi connectivity index (χ1) is 16.2. The Balaban J connectivity index is 1.53. The van der Waals surface area contributed by atoms with Gasteiger partial charge in [0.2, 0.25) is 5.88 Å². The number of rotatable bonds is 5. The van der Waals surface area contributed by atoms with E-state index in [2.05, 4.69) is 15.0 Å². The second-order valence-electron chi connectivity index (χ2n) is 7.85. The number of alkyl halides is 3. The first kappa shape index (κ1) is 24.1. The number of methoxy groups -OCH3 is 2. The molecule has 3 aromatic heterocycles. The van der Waals surface area contributed by atoms with E-state index in [1.165, 1.54) is 24.5 Å². The number of pyridine rings is 1. The minimum Gasteiger partial charge on any atom is -0.480 e. The fourth-order valence-electron chi connectivity index (χ4n) is 3.92. The van der Waals surface area contributed by atoms with Gasteiger partial charge in [-0.05, 0) is 31.0 Å². The molecule has 4 rings (SSSR count). The largest absolute Gasteiger partial charge is 0.480 e. The maximum absolute atomic E-state index is 13.4. The lowest BCUT2D eigenvalue weighted by molar-refractivity contribution is -0.137. The maximum Gasteiger partial charge on any atom is 0.417 e. The Morgan fingerprint density at radius 2 is 1.94 bits per heavy atom. The summed E-state index contributed by atoms with van der Waals surface area (Å²) in [5, 5.41) is 0.709. The second kappa shape index (κ2) is 9.71. The molecule has 0 unspecified atom stereocenters. The molecule has 0 aromatic carbocycles. The first-order valence-electron chi connectivity index (χ1n) is 10.6. The van der Waals surface area contributed by atoms with Crippen LogP contribution in [0.25, 0.3) is 10.2 Å². The number of thiophene rings is 1. The Bertz CT molecular complexity index is 1180. The van der Waals surface area contributed by atoms with Crippen LogP contribution in [-0.4, -0.2) is 66.2 Å². The van der Waals surface area contributed by atoms with Crippen molar-refractivity contribution < 1.29 is 27.4 Å². The predicted molar refractivity (Wildman–Crippen MR) is 121 cm³/mol. The normalized spacial score (nSPS) is 15.0. The summed E-state index contributed by atoms with van der Waals surface area (Å²) in [6, 6.07) is 2.40. The van der Waals surface area contributed by atoms with E-state index in [0.717, 1.165) is 17.8 Å². The van der Waals surface area contributed by atoms with Gasteiger partial charge in [0.15, 0.2) is 5.82 Å². The molecule has 34 heavy (non-hydrogen) atoms. The van der Waals surface area contributed by atoms with Crippen molar-refractivity contribution in [1.82, 2.24) is 19.9 Å². The molecule has 1 aliphatic heterocycles. The van der Waals surface area contributed by atoms with E-state index >= 15 is 0 Å². The van der Waals surface area contributed by atoms with E-state index < -0.39 is 11.7 Å². The Morgan fingerprint density at radius 1 is 1.15 bits per heavy atom. The van der Waals surface area contributed by atoms with Gasteiger partial charge in [-0.25, -0.2) is 9.97 Å². The molecule has 0 atom stereocenters. The number of aryl methyl sites for hydroxylation is 1. The van der Waals surface area contributed by atoms with Crippen LogP contribution in [0, 0.1) is 6.92 Å². The number of carbonyl (C=O) groups excluding carboxylic acids is 1. The fraction of sp³-hybridized carbons (Fsp3) is 0.455. The lowest BCUT2D eigenvalue weighted by Gasteiger charge is -2.23. The molecule has 1 aliphatic rings. The van der Waals surface area contributed by atoms with Crippen LogP contribution >= 0.6 is 11.3 Å². The van der Waals surface area contributed by atoms with Gasteiger partial charge in [0.25, 0.3) is 5.91 Å². The molecular weight excluding hydrogens is 471 g/mol. The van der Waals surface area contributed by atoms with E-state index in [-0.39, 0.29) is 12.5 Å². The summed E-state index contributed by atoms with van der Waals surface area (Å²) in [7, 11) is 3.08. The molecule has 0 spiro atoms. The lowest BCUT2D eigenvalue weighted by Crippen LogP contribution is -2.35. The number of aromatic nitrogens is 3. The number of anilines is 1. The molecule has 1 saturated heterocycles. The Labute approximate surface area is 198 Å². The van der Waals surface area contributed by atoms with Crippen molar-refractivity contribution in [2.24, 2.45) is 0 Å². The van der Waals surface area contributed by atoms with Crippen molar-refractivity contribution in [3.05, 3.63) is 40.2 Å². The molecule has 8 nitrogen and oxygen atoms in total. The molecule has 4 heterocycles. The van der Waals surface area contributed by atoms with Gasteiger partial charge in [-0.1, -0.05) is 0 Å². The summed E-state index contributed by atoms with van der Waals surface area (Å²) in [6.07, 6.45) is -2.91. The average Bonchev–Trinajstić information content (AvgIpc) is 2.98. The van der Waals surface area contributed by atoms with Gasteiger partial charge in [-0.2, -0.15) is 18.2 Å². The van der Waals surface area contributed by atoms with Crippen molar-refractivity contribution in [1.29, 1.82) is 0 Å². The van der Waals surface area contributed by atoms with Gasteiger partial charge in [-0.3, -0.25) is 4.79 Å². The van der Waals surface area contributed by atoms with E-state index in [4.69, 9.17) is 9.47 Å². The molecule has 3 aromatic rings. The minimum absolute atomic E-state index is 0.113. The summed E-state index contributed by atoms with van der Waals surface area (Å²) < 4.78 is 49.0. The highest BCUT2D eigenvalue weighted by Gasteiger charge is 2.31. The van der Waals surface area contributed by atoms with Gasteiger partial charge >= 0.3 is 6.18 Å². The lowest BCUT2D eigenvalue weighted by atomic mass is 10.2. The highest BCUT2D eigenvalue weighted by atomic mass is 32.1. The third-order valence-corrected chi connectivity index (χ3v) is 6.82. The first-order valence-corrected chi connectivity index (χ1v) is 11.4. The molecule has 12 heteroatoms. The van der Waals surface area contributed by atoms with E-state index in [1.807, 2.05) is 11.8 Å². The van der Waals surface area contributed by atoms with E-state index in [1.54, 1.807) is 12.0 Å². The Kier molecular flexibility index (Phi) is 6.89. The number of hydrogen-bond donors (Lipinski definition) is 0. The molecule has 1 fully saturated rings. The number of halogens is 3. The molecule has 0 bridgehead atoms. The number of hydrogen-bond acceptors (Lipinski definition) is 8. The Hall–Kier alpha value is -2.99. The van der Waals surface area contributed by atoms with Crippen molar-refractivity contribution in [2.45, 2.75) is 26.1 Å². The van der Waals surface area contributed by atoms with Crippen molar-refractivity contribution in [3.8, 4) is 5.88 Å². The SMILES string of the molecule is COCc1nc(OC)c2c(C)c(C(=O)N3CCCN(c4ccc(C(F)(F)F)cn4)CC3)sc2n1. The number of amides is 1. The van der Waals surface area contributed by atoms with Gasteiger partial charge in [0.1, 0.15) is 17.3 Å². The average molecular weight is 496 g/mol. The summed E-state index contributed by atoms with van der Waals surface area (Å²) in [6.45, 7) is 4.09. The summed E-state index contributed by atoms with van der Waals surface area (Å²) in [5.41, 5.74) is -0.0216. The number of ether oxygens (including phenoxy) is 2. The van der Waals surface area contributed by atoms with E-state index in [9.17, 15) is 18.0 Å². The quantitative estimate of drug-likeness (QED) is 0.531. The number of carbonyl (C=O) groups is 1. The van der Waals surface area contributed by atoms with Gasteiger partial charge in [0, 0.05) is 39.5 Å². The summed E-state index contributed by atoms with van der Waals surface area (Å²) in [5.74, 6) is 1.23. The van der Waals surface area contributed by atoms with Crippen molar-refractivity contribution in [3.63, 3.8) is 0 Å². The number of nitrogens with zero attached hydrogens (tertiary/aromatic N) is 5. The zero-order valence-corrected chi connectivity index (χ0v) is 19.8. The third-order valence-electron chi connectivity index (χ3n) is 5.65. The van der Waals surface area contributed by atoms with Crippen LogP contribution in [0.15, 0.2) is 18.3 Å². The molecule has 0 aliphatic carbocycles. The van der Waals surface area contributed by atoms with Crippen LogP contribution in [0.2, 0.25) is 0 Å². The zero-order chi connectivity index (χ0) is 24.5. The predicted octanol–water partition coefficient (Wildman–Crippen LogP) is 3.92. The fourth-order valence-corrected chi connectivity index (χ4v) is 5.08. The minimum atomic E-state index is -4.42. The monoisotopic (exact) mass is 495 g/mol. The molecular formula is C22H24F3N5O3S. The highest BCUT2D eigenvalue weighted by molar-refractivity contribution is 7.20. The molecule has 0 radical (unpaired) electrons. The van der Waals surface area contributed by atoms with Crippen LogP contribution in [0.1, 0.15) is 33.0 Å².